The van der Waals surface area contributed by atoms with E-state index in [9.17, 15) is 8.42 Å². The number of hydrogen-bond donors (Lipinski definition) is 1. The van der Waals surface area contributed by atoms with Crippen molar-refractivity contribution >= 4 is 26.5 Å². The third-order valence-corrected chi connectivity index (χ3v) is 7.21. The molecular weight excluding hydrogens is 396 g/mol. The molecule has 0 bridgehead atoms. The lowest BCUT2D eigenvalue weighted by Crippen LogP contribution is -2.38. The SMILES string of the molecule is CCCNCCCc1ccc2c(c1)N(S(=O)(=O)c1ccc3ccccc3c1)CCO2. The van der Waals surface area contributed by atoms with Crippen LogP contribution >= 0.6 is 0 Å². The van der Waals surface area contributed by atoms with Gasteiger partial charge in [0.05, 0.1) is 17.1 Å². The van der Waals surface area contributed by atoms with Gasteiger partial charge in [0.2, 0.25) is 0 Å². The summed E-state index contributed by atoms with van der Waals surface area (Å²) in [6.07, 6.45) is 3.03. The first kappa shape index (κ1) is 20.7. The molecule has 30 heavy (non-hydrogen) atoms. The Balaban J connectivity index is 1.61. The van der Waals surface area contributed by atoms with Crippen LogP contribution in [0.1, 0.15) is 25.3 Å². The third kappa shape index (κ3) is 4.30. The number of fused-ring (bicyclic) bond motifs is 2. The smallest absolute Gasteiger partial charge is 0.264 e. The largest absolute Gasteiger partial charge is 0.489 e. The molecule has 0 unspecified atom stereocenters. The molecule has 0 aromatic heterocycles. The average Bonchev–Trinajstić information content (AvgIpc) is 2.78. The fourth-order valence-electron chi connectivity index (χ4n) is 3.82. The van der Waals surface area contributed by atoms with Crippen LogP contribution in [-0.2, 0) is 16.4 Å². The zero-order valence-electron chi connectivity index (χ0n) is 17.3. The van der Waals surface area contributed by atoms with Crippen molar-refractivity contribution in [3.63, 3.8) is 0 Å². The maximum atomic E-state index is 13.5. The summed E-state index contributed by atoms with van der Waals surface area (Å²) in [7, 11) is -3.68. The number of benzene rings is 3. The molecule has 158 valence electrons. The van der Waals surface area contributed by atoms with E-state index in [0.717, 1.165) is 48.7 Å². The maximum absolute atomic E-state index is 13.5. The summed E-state index contributed by atoms with van der Waals surface area (Å²) in [5, 5.41) is 5.35. The van der Waals surface area contributed by atoms with Crippen molar-refractivity contribution < 1.29 is 13.2 Å². The Morgan fingerprint density at radius 3 is 2.67 bits per heavy atom. The fourth-order valence-corrected chi connectivity index (χ4v) is 5.31. The van der Waals surface area contributed by atoms with Crippen LogP contribution in [0.3, 0.4) is 0 Å². The van der Waals surface area contributed by atoms with Gasteiger partial charge in [0.15, 0.2) is 0 Å². The lowest BCUT2D eigenvalue weighted by Gasteiger charge is -2.31. The molecule has 0 aliphatic carbocycles. The number of ether oxygens (including phenoxy) is 1. The van der Waals surface area contributed by atoms with Crippen LogP contribution in [0.15, 0.2) is 65.6 Å². The summed E-state index contributed by atoms with van der Waals surface area (Å²) in [5.41, 5.74) is 1.75. The predicted molar refractivity (Wildman–Crippen MR) is 122 cm³/mol. The van der Waals surface area contributed by atoms with E-state index in [1.165, 1.54) is 4.31 Å². The molecule has 0 saturated carbocycles. The highest BCUT2D eigenvalue weighted by molar-refractivity contribution is 7.92. The molecule has 0 radical (unpaired) electrons. The lowest BCUT2D eigenvalue weighted by molar-refractivity contribution is 0.315. The van der Waals surface area contributed by atoms with E-state index in [4.69, 9.17) is 4.74 Å². The quantitative estimate of drug-likeness (QED) is 0.546. The average molecular weight is 425 g/mol. The molecule has 0 atom stereocenters. The van der Waals surface area contributed by atoms with Crippen LogP contribution in [-0.4, -0.2) is 34.7 Å². The highest BCUT2D eigenvalue weighted by Gasteiger charge is 2.30. The number of hydrogen-bond acceptors (Lipinski definition) is 4. The molecule has 6 heteroatoms. The zero-order valence-corrected chi connectivity index (χ0v) is 18.1. The van der Waals surface area contributed by atoms with Crippen molar-refractivity contribution in [3.05, 3.63) is 66.2 Å². The van der Waals surface area contributed by atoms with E-state index in [-0.39, 0.29) is 0 Å². The van der Waals surface area contributed by atoms with Crippen molar-refractivity contribution in [2.75, 3.05) is 30.5 Å². The minimum absolute atomic E-state index is 0.309. The van der Waals surface area contributed by atoms with Gasteiger partial charge in [0.1, 0.15) is 12.4 Å². The fraction of sp³-hybridized carbons (Fsp3) is 0.333. The van der Waals surface area contributed by atoms with Gasteiger partial charge in [-0.15, -0.1) is 0 Å². The monoisotopic (exact) mass is 424 g/mol. The number of aryl methyl sites for hydroxylation is 1. The molecule has 0 amide bonds. The molecule has 3 aromatic carbocycles. The Hall–Kier alpha value is -2.57. The third-order valence-electron chi connectivity index (χ3n) is 5.40. The topological polar surface area (TPSA) is 58.6 Å². The zero-order chi connectivity index (χ0) is 21.0. The van der Waals surface area contributed by atoms with Crippen LogP contribution in [0.2, 0.25) is 0 Å². The number of anilines is 1. The van der Waals surface area contributed by atoms with Crippen LogP contribution < -0.4 is 14.4 Å². The van der Waals surface area contributed by atoms with Crippen molar-refractivity contribution in [2.45, 2.75) is 31.1 Å². The molecule has 1 aliphatic heterocycles. The molecule has 5 nitrogen and oxygen atoms in total. The van der Waals surface area contributed by atoms with Gasteiger partial charge in [0.25, 0.3) is 10.0 Å². The van der Waals surface area contributed by atoms with Crippen LogP contribution in [0.25, 0.3) is 10.8 Å². The summed E-state index contributed by atoms with van der Waals surface area (Å²) >= 11 is 0. The second-order valence-corrected chi connectivity index (χ2v) is 9.45. The van der Waals surface area contributed by atoms with Gasteiger partial charge in [-0.2, -0.15) is 0 Å². The molecule has 0 spiro atoms. The Labute approximate surface area is 178 Å². The van der Waals surface area contributed by atoms with Crippen molar-refractivity contribution in [2.24, 2.45) is 0 Å². The van der Waals surface area contributed by atoms with Crippen LogP contribution in [0.4, 0.5) is 5.69 Å². The van der Waals surface area contributed by atoms with E-state index in [1.807, 2.05) is 48.5 Å². The van der Waals surface area contributed by atoms with Gasteiger partial charge in [-0.05, 0) is 73.0 Å². The van der Waals surface area contributed by atoms with E-state index in [1.54, 1.807) is 12.1 Å². The summed E-state index contributed by atoms with van der Waals surface area (Å²) < 4.78 is 34.2. The molecule has 1 aliphatic rings. The molecule has 3 aromatic rings. The minimum atomic E-state index is -3.68. The number of nitrogens with one attached hydrogen (secondary N) is 1. The van der Waals surface area contributed by atoms with Gasteiger partial charge in [-0.25, -0.2) is 8.42 Å². The van der Waals surface area contributed by atoms with Gasteiger partial charge in [-0.1, -0.05) is 43.3 Å². The molecule has 0 fully saturated rings. The Bertz CT molecular complexity index is 1130. The molecule has 4 rings (SSSR count). The number of rotatable bonds is 8. The Morgan fingerprint density at radius 1 is 1.00 bits per heavy atom. The first-order valence-corrected chi connectivity index (χ1v) is 12.0. The summed E-state index contributed by atoms with van der Waals surface area (Å²) in [6.45, 7) is 4.79. The van der Waals surface area contributed by atoms with Crippen LogP contribution in [0, 0.1) is 0 Å². The van der Waals surface area contributed by atoms with Gasteiger partial charge in [-0.3, -0.25) is 4.31 Å². The molecule has 1 heterocycles. The van der Waals surface area contributed by atoms with Crippen molar-refractivity contribution in [1.82, 2.24) is 5.32 Å². The number of sulfonamides is 1. The summed E-state index contributed by atoms with van der Waals surface area (Å²) in [6, 6.07) is 19.0. The number of nitrogens with zero attached hydrogens (tertiary/aromatic N) is 1. The highest BCUT2D eigenvalue weighted by atomic mass is 32.2. The van der Waals surface area contributed by atoms with Gasteiger partial charge in [0, 0.05) is 0 Å². The standard InChI is InChI=1S/C24H28N2O3S/c1-2-13-25-14-5-6-19-9-12-24-23(17-19)26(15-16-29-24)30(27,28)22-11-10-20-7-3-4-8-21(20)18-22/h3-4,7-12,17-18,25H,2,5-6,13-16H2,1H3. The van der Waals surface area contributed by atoms with E-state index in [0.29, 0.717) is 29.5 Å². The van der Waals surface area contributed by atoms with Crippen molar-refractivity contribution in [3.8, 4) is 5.75 Å². The summed E-state index contributed by atoms with van der Waals surface area (Å²) in [5.74, 6) is 0.624. The van der Waals surface area contributed by atoms with Crippen LogP contribution in [0.5, 0.6) is 5.75 Å². The van der Waals surface area contributed by atoms with Gasteiger partial charge < -0.3 is 10.1 Å². The second-order valence-electron chi connectivity index (χ2n) is 7.59. The maximum Gasteiger partial charge on any atom is 0.264 e. The first-order valence-electron chi connectivity index (χ1n) is 10.6. The van der Waals surface area contributed by atoms with E-state index in [2.05, 4.69) is 12.2 Å². The molecular formula is C24H28N2O3S. The first-order chi connectivity index (χ1) is 14.6. The Kier molecular flexibility index (Phi) is 6.25. The van der Waals surface area contributed by atoms with Crippen molar-refractivity contribution in [1.29, 1.82) is 0 Å². The Morgan fingerprint density at radius 2 is 1.83 bits per heavy atom. The minimum Gasteiger partial charge on any atom is -0.489 e. The lowest BCUT2D eigenvalue weighted by atomic mass is 10.1. The van der Waals surface area contributed by atoms with E-state index < -0.39 is 10.0 Å². The van der Waals surface area contributed by atoms with E-state index >= 15 is 0 Å². The molecule has 1 N–H and O–H groups in total. The summed E-state index contributed by atoms with van der Waals surface area (Å²) in [4.78, 5) is 0.309. The molecule has 0 saturated heterocycles. The predicted octanol–water partition coefficient (Wildman–Crippen LogP) is 4.36. The van der Waals surface area contributed by atoms with Gasteiger partial charge >= 0.3 is 0 Å². The normalized spacial score (nSPS) is 13.8. The highest BCUT2D eigenvalue weighted by Crippen LogP contribution is 2.36. The second kappa shape index (κ2) is 9.06.